The molecule has 2 aliphatic heterocycles. The highest BCUT2D eigenvalue weighted by Crippen LogP contribution is 2.46. The Kier molecular flexibility index (Phi) is 5.69. The van der Waals surface area contributed by atoms with E-state index < -0.39 is 0 Å². The maximum Gasteiger partial charge on any atom is 0.290 e. The number of hydrogen-bond donors (Lipinski definition) is 1. The zero-order chi connectivity index (χ0) is 21.6. The number of aryl methyl sites for hydroxylation is 2. The lowest BCUT2D eigenvalue weighted by Crippen LogP contribution is -2.54. The van der Waals surface area contributed by atoms with Crippen molar-refractivity contribution in [3.05, 3.63) is 38.9 Å². The van der Waals surface area contributed by atoms with Crippen molar-refractivity contribution in [3.63, 3.8) is 0 Å². The number of thiophene rings is 1. The van der Waals surface area contributed by atoms with Crippen LogP contribution in [0.3, 0.4) is 0 Å². The molecule has 7 heteroatoms. The average Bonchev–Trinajstić information content (AvgIpc) is 3.35. The summed E-state index contributed by atoms with van der Waals surface area (Å²) in [5, 5.41) is 6.79. The van der Waals surface area contributed by atoms with Crippen LogP contribution < -0.4 is 5.32 Å². The van der Waals surface area contributed by atoms with Crippen LogP contribution in [-0.2, 0) is 23.2 Å². The molecule has 6 nitrogen and oxygen atoms in total. The van der Waals surface area contributed by atoms with Gasteiger partial charge in [0, 0.05) is 46.9 Å². The normalized spacial score (nSPS) is 30.7. The molecule has 1 saturated carbocycles. The fourth-order valence-electron chi connectivity index (χ4n) is 5.64. The highest BCUT2D eigenvalue weighted by Gasteiger charge is 2.45. The number of fused-ring (bicyclic) bond motifs is 2. The van der Waals surface area contributed by atoms with E-state index in [-0.39, 0.29) is 17.6 Å². The van der Waals surface area contributed by atoms with Crippen LogP contribution in [0, 0.1) is 12.8 Å². The second-order valence-corrected chi connectivity index (χ2v) is 10.9. The van der Waals surface area contributed by atoms with Gasteiger partial charge in [-0.15, -0.1) is 11.3 Å². The molecule has 1 amide bonds. The van der Waals surface area contributed by atoms with Crippen LogP contribution in [0.4, 0.5) is 0 Å². The maximum atomic E-state index is 12.3. The zero-order valence-electron chi connectivity index (χ0n) is 18.8. The van der Waals surface area contributed by atoms with Crippen LogP contribution in [0.15, 0.2) is 16.8 Å². The molecule has 3 aliphatic rings. The number of carbonyl (C=O) groups is 1. The molecule has 1 saturated heterocycles. The first kappa shape index (κ1) is 21.2. The highest BCUT2D eigenvalue weighted by atomic mass is 32.1. The molecule has 0 radical (unpaired) electrons. The number of nitrogens with zero attached hydrogens (tertiary/aromatic N) is 2. The summed E-state index contributed by atoms with van der Waals surface area (Å²) in [6.07, 6.45) is 8.02. The van der Waals surface area contributed by atoms with Gasteiger partial charge in [0.25, 0.3) is 5.91 Å². The lowest BCUT2D eigenvalue weighted by Gasteiger charge is -2.49. The van der Waals surface area contributed by atoms with Crippen molar-refractivity contribution in [2.45, 2.75) is 77.0 Å². The van der Waals surface area contributed by atoms with Gasteiger partial charge in [-0.05, 0) is 63.5 Å². The molecule has 4 heterocycles. The summed E-state index contributed by atoms with van der Waals surface area (Å²) in [5.74, 6) is 0.845. The molecule has 2 atom stereocenters. The quantitative estimate of drug-likeness (QED) is 0.755. The fraction of sp³-hybridized carbons (Fsp3) is 0.667. The Morgan fingerprint density at radius 1 is 1.42 bits per heavy atom. The van der Waals surface area contributed by atoms with Crippen molar-refractivity contribution in [3.8, 4) is 0 Å². The van der Waals surface area contributed by atoms with E-state index in [1.165, 1.54) is 10.4 Å². The van der Waals surface area contributed by atoms with Crippen molar-refractivity contribution in [2.24, 2.45) is 5.92 Å². The number of aromatic nitrogens is 1. The summed E-state index contributed by atoms with van der Waals surface area (Å²) < 4.78 is 11.5. The Morgan fingerprint density at radius 3 is 2.97 bits per heavy atom. The molecule has 0 unspecified atom stereocenters. The Labute approximate surface area is 188 Å². The molecular formula is C24H33N3O3S. The molecule has 5 rings (SSSR count). The lowest BCUT2D eigenvalue weighted by molar-refractivity contribution is -0.114. The molecule has 2 fully saturated rings. The smallest absolute Gasteiger partial charge is 0.290 e. The van der Waals surface area contributed by atoms with Crippen molar-refractivity contribution in [1.82, 2.24) is 15.4 Å². The molecule has 1 aliphatic carbocycles. The number of carbonyl (C=O) groups excluding carboxylic acids is 1. The molecule has 1 spiro atoms. The van der Waals surface area contributed by atoms with E-state index in [0.717, 1.165) is 63.8 Å². The topological polar surface area (TPSA) is 67.6 Å². The van der Waals surface area contributed by atoms with Gasteiger partial charge in [-0.25, -0.2) is 0 Å². The minimum atomic E-state index is -0.140. The van der Waals surface area contributed by atoms with E-state index in [9.17, 15) is 4.79 Å². The number of likely N-dealkylation sites (tertiary alicyclic amines) is 1. The molecule has 0 aromatic carbocycles. The molecule has 2 aromatic heterocycles. The van der Waals surface area contributed by atoms with Gasteiger partial charge in [-0.2, -0.15) is 0 Å². The molecular weight excluding hydrogens is 410 g/mol. The van der Waals surface area contributed by atoms with E-state index in [1.807, 2.05) is 18.3 Å². The van der Waals surface area contributed by atoms with Gasteiger partial charge in [-0.1, -0.05) is 12.1 Å². The van der Waals surface area contributed by atoms with Crippen LogP contribution >= 0.6 is 11.3 Å². The number of ether oxygens (including phenoxy) is 1. The number of rotatable bonds is 5. The van der Waals surface area contributed by atoms with E-state index in [1.54, 1.807) is 11.1 Å². The van der Waals surface area contributed by atoms with Crippen molar-refractivity contribution in [1.29, 1.82) is 0 Å². The molecule has 168 valence electrons. The van der Waals surface area contributed by atoms with E-state index >= 15 is 0 Å². The van der Waals surface area contributed by atoms with Gasteiger partial charge in [0.15, 0.2) is 0 Å². The Balaban J connectivity index is 1.14. The van der Waals surface area contributed by atoms with Gasteiger partial charge >= 0.3 is 0 Å². The third-order valence-corrected chi connectivity index (χ3v) is 8.82. The van der Waals surface area contributed by atoms with E-state index in [4.69, 9.17) is 9.26 Å². The van der Waals surface area contributed by atoms with Crippen LogP contribution in [0.5, 0.6) is 0 Å². The fourth-order valence-corrected chi connectivity index (χ4v) is 6.82. The average molecular weight is 444 g/mol. The van der Waals surface area contributed by atoms with Gasteiger partial charge in [0.2, 0.25) is 5.76 Å². The van der Waals surface area contributed by atoms with Crippen LogP contribution in [-0.4, -0.2) is 47.7 Å². The van der Waals surface area contributed by atoms with Gasteiger partial charge in [0.05, 0.1) is 18.4 Å². The highest BCUT2D eigenvalue weighted by molar-refractivity contribution is 7.12. The van der Waals surface area contributed by atoms with E-state index in [0.29, 0.717) is 17.7 Å². The van der Waals surface area contributed by atoms with Crippen LogP contribution in [0.2, 0.25) is 0 Å². The van der Waals surface area contributed by atoms with Crippen molar-refractivity contribution < 1.29 is 14.1 Å². The van der Waals surface area contributed by atoms with Crippen molar-refractivity contribution >= 4 is 17.2 Å². The number of hydrogen-bond acceptors (Lipinski definition) is 6. The summed E-state index contributed by atoms with van der Waals surface area (Å²) in [6.45, 7) is 9.51. The van der Waals surface area contributed by atoms with Gasteiger partial charge in [-0.3, -0.25) is 4.79 Å². The first-order chi connectivity index (χ1) is 15.0. The summed E-state index contributed by atoms with van der Waals surface area (Å²) in [6, 6.07) is 3.18. The summed E-state index contributed by atoms with van der Waals surface area (Å²) >= 11 is 1.99. The maximum absolute atomic E-state index is 12.3. The third-order valence-electron chi connectivity index (χ3n) is 7.48. The number of nitrogens with one attached hydrogen (secondary N) is 1. The van der Waals surface area contributed by atoms with E-state index in [2.05, 4.69) is 35.3 Å². The van der Waals surface area contributed by atoms with Gasteiger partial charge < -0.3 is 19.5 Å². The Bertz CT molecular complexity index is 948. The van der Waals surface area contributed by atoms with Crippen LogP contribution in [0.1, 0.15) is 71.0 Å². The largest absolute Gasteiger partial charge is 0.370 e. The van der Waals surface area contributed by atoms with Gasteiger partial charge in [0.1, 0.15) is 0 Å². The standard InChI is InChI=1S/C24H33N3O3S/c1-4-19-11-20-21(31-19)5-8-29-24(20)6-7-27(16(3)12-24)14-17-9-18(10-17)26-23(28)22-15(2)13-25-30-22/h11,13,16-18H,4-10,12,14H2,1-3H3,(H,26,28)/t16-,17?,18?,24+/m0/s1. The molecule has 1 N–H and O–H groups in total. The second kappa shape index (κ2) is 8.34. The summed E-state index contributed by atoms with van der Waals surface area (Å²) in [4.78, 5) is 18.0. The molecule has 31 heavy (non-hydrogen) atoms. The zero-order valence-corrected chi connectivity index (χ0v) is 19.6. The first-order valence-corrected chi connectivity index (χ1v) is 12.5. The SMILES string of the molecule is CCc1cc2c(s1)CCO[C@@]21CCN(CC2CC(NC(=O)c3oncc3C)C2)[C@@H](C)C1. The number of piperidine rings is 1. The second-order valence-electron chi connectivity index (χ2n) is 9.64. The van der Waals surface area contributed by atoms with Crippen molar-refractivity contribution in [2.75, 3.05) is 19.7 Å². The summed E-state index contributed by atoms with van der Waals surface area (Å²) in [5.41, 5.74) is 2.20. The monoisotopic (exact) mass is 443 g/mol. The predicted molar refractivity (Wildman–Crippen MR) is 121 cm³/mol. The summed E-state index contributed by atoms with van der Waals surface area (Å²) in [7, 11) is 0. The minimum absolute atomic E-state index is 0.0710. The molecule has 2 aromatic rings. The number of amides is 1. The predicted octanol–water partition coefficient (Wildman–Crippen LogP) is 4.07. The first-order valence-electron chi connectivity index (χ1n) is 11.7. The Hall–Kier alpha value is -1.70. The Morgan fingerprint density at radius 2 is 2.26 bits per heavy atom. The lowest BCUT2D eigenvalue weighted by atomic mass is 9.76. The van der Waals surface area contributed by atoms with Crippen LogP contribution in [0.25, 0.3) is 0 Å². The minimum Gasteiger partial charge on any atom is -0.370 e. The third kappa shape index (κ3) is 3.96. The molecule has 0 bridgehead atoms.